The molecule has 3 aromatic rings. The second kappa shape index (κ2) is 8.17. The van der Waals surface area contributed by atoms with Crippen molar-refractivity contribution in [1.82, 2.24) is 15.2 Å². The number of carbonyl (C=O) groups is 2. The Bertz CT molecular complexity index is 1290. The maximum Gasteiger partial charge on any atom is 0.257 e. The number of piperidine rings is 1. The molecule has 174 valence electrons. The third kappa shape index (κ3) is 3.29. The Labute approximate surface area is 197 Å². The largest absolute Gasteiger partial charge is 0.370 e. The number of pyridine rings is 1. The SMILES string of the molecule is O=C(c1cnc2ccc(F)cc2c1N1CCC2(CC1)C(=O)Cc1ccccc12)N1CCNCC1. The van der Waals surface area contributed by atoms with Crippen molar-refractivity contribution in [2.24, 2.45) is 0 Å². The van der Waals surface area contributed by atoms with Crippen molar-refractivity contribution in [3.8, 4) is 0 Å². The van der Waals surface area contributed by atoms with Crippen molar-refractivity contribution in [3.05, 3.63) is 71.2 Å². The van der Waals surface area contributed by atoms with Crippen molar-refractivity contribution < 1.29 is 14.0 Å². The average molecular weight is 459 g/mol. The number of piperazine rings is 1. The summed E-state index contributed by atoms with van der Waals surface area (Å²) in [7, 11) is 0. The summed E-state index contributed by atoms with van der Waals surface area (Å²) in [5.41, 5.74) is 3.74. The van der Waals surface area contributed by atoms with E-state index in [0.29, 0.717) is 61.9 Å². The number of halogens is 1. The zero-order chi connectivity index (χ0) is 23.3. The third-order valence-electron chi connectivity index (χ3n) is 7.79. The zero-order valence-corrected chi connectivity index (χ0v) is 19.0. The number of ketones is 1. The molecule has 2 fully saturated rings. The summed E-state index contributed by atoms with van der Waals surface area (Å²) in [6.07, 6.45) is 3.50. The highest BCUT2D eigenvalue weighted by Gasteiger charge is 2.48. The van der Waals surface area contributed by atoms with Crippen molar-refractivity contribution in [1.29, 1.82) is 0 Å². The van der Waals surface area contributed by atoms with Crippen LogP contribution >= 0.6 is 0 Å². The predicted octanol–water partition coefficient (Wildman–Crippen LogP) is 3.08. The summed E-state index contributed by atoms with van der Waals surface area (Å²) in [4.78, 5) is 35.2. The molecule has 6 nitrogen and oxygen atoms in total. The van der Waals surface area contributed by atoms with Crippen LogP contribution in [0.2, 0.25) is 0 Å². The van der Waals surface area contributed by atoms with Gasteiger partial charge >= 0.3 is 0 Å². The Morgan fingerprint density at radius 3 is 2.59 bits per heavy atom. The van der Waals surface area contributed by atoms with Crippen LogP contribution in [0, 0.1) is 5.82 Å². The van der Waals surface area contributed by atoms with Gasteiger partial charge in [-0.05, 0) is 42.2 Å². The summed E-state index contributed by atoms with van der Waals surface area (Å²) in [5.74, 6) is -0.135. The summed E-state index contributed by atoms with van der Waals surface area (Å²) in [6, 6.07) is 12.7. The fourth-order valence-electron chi connectivity index (χ4n) is 5.98. The number of benzene rings is 2. The number of carbonyl (C=O) groups excluding carboxylic acids is 2. The molecule has 1 aliphatic carbocycles. The molecule has 2 aromatic carbocycles. The van der Waals surface area contributed by atoms with Gasteiger partial charge in [-0.3, -0.25) is 14.6 Å². The van der Waals surface area contributed by atoms with E-state index >= 15 is 0 Å². The zero-order valence-electron chi connectivity index (χ0n) is 19.0. The Hall–Kier alpha value is -3.32. The Morgan fingerprint density at radius 1 is 1.03 bits per heavy atom. The second-order valence-electron chi connectivity index (χ2n) is 9.55. The number of hydrogen-bond acceptors (Lipinski definition) is 5. The molecule has 0 radical (unpaired) electrons. The molecule has 2 saturated heterocycles. The van der Waals surface area contributed by atoms with Crippen molar-refractivity contribution >= 4 is 28.3 Å². The van der Waals surface area contributed by atoms with E-state index in [2.05, 4.69) is 27.3 Å². The molecule has 0 atom stereocenters. The van der Waals surface area contributed by atoms with Gasteiger partial charge in [0.05, 0.1) is 22.2 Å². The highest BCUT2D eigenvalue weighted by molar-refractivity contribution is 6.07. The smallest absolute Gasteiger partial charge is 0.257 e. The monoisotopic (exact) mass is 458 g/mol. The summed E-state index contributed by atoms with van der Waals surface area (Å²) < 4.78 is 14.3. The van der Waals surface area contributed by atoms with Gasteiger partial charge in [-0.15, -0.1) is 0 Å². The Morgan fingerprint density at radius 2 is 1.79 bits per heavy atom. The number of fused-ring (bicyclic) bond motifs is 3. The molecule has 1 aromatic heterocycles. The Balaban J connectivity index is 1.39. The van der Waals surface area contributed by atoms with Gasteiger partial charge in [-0.25, -0.2) is 4.39 Å². The van der Waals surface area contributed by atoms with Crippen molar-refractivity contribution in [2.45, 2.75) is 24.7 Å². The molecule has 34 heavy (non-hydrogen) atoms. The van der Waals surface area contributed by atoms with Crippen LogP contribution in [0.1, 0.15) is 34.3 Å². The number of nitrogens with one attached hydrogen (secondary N) is 1. The number of Topliss-reactive ketones (excluding diaryl/α,β-unsaturated/α-hetero) is 1. The molecule has 0 saturated carbocycles. The van der Waals surface area contributed by atoms with Crippen LogP contribution in [0.25, 0.3) is 10.9 Å². The number of anilines is 1. The maximum absolute atomic E-state index is 14.3. The van der Waals surface area contributed by atoms with Gasteiger partial charge in [-0.1, -0.05) is 24.3 Å². The van der Waals surface area contributed by atoms with E-state index in [1.54, 1.807) is 12.3 Å². The lowest BCUT2D eigenvalue weighted by Gasteiger charge is -2.41. The number of rotatable bonds is 2. The van der Waals surface area contributed by atoms with Crippen LogP contribution < -0.4 is 10.2 Å². The van der Waals surface area contributed by atoms with Crippen LogP contribution in [0.5, 0.6) is 0 Å². The molecule has 0 bridgehead atoms. The molecule has 0 unspecified atom stereocenters. The van der Waals surface area contributed by atoms with E-state index in [1.807, 2.05) is 17.0 Å². The second-order valence-corrected chi connectivity index (χ2v) is 9.55. The number of nitrogens with zero attached hydrogens (tertiary/aromatic N) is 3. The van der Waals surface area contributed by atoms with Crippen LogP contribution in [-0.4, -0.2) is 60.8 Å². The molecule has 7 heteroatoms. The first kappa shape index (κ1) is 21.2. The van der Waals surface area contributed by atoms with Gasteiger partial charge in [0.25, 0.3) is 5.91 Å². The molecule has 3 aliphatic rings. The van der Waals surface area contributed by atoms with Crippen molar-refractivity contribution in [2.75, 3.05) is 44.2 Å². The normalized spacial score (nSPS) is 19.6. The molecular weight excluding hydrogens is 431 g/mol. The van der Waals surface area contributed by atoms with E-state index in [1.165, 1.54) is 12.1 Å². The van der Waals surface area contributed by atoms with E-state index in [0.717, 1.165) is 29.9 Å². The first-order valence-electron chi connectivity index (χ1n) is 12.0. The van der Waals surface area contributed by atoms with Gasteiger partial charge in [-0.2, -0.15) is 0 Å². The summed E-state index contributed by atoms with van der Waals surface area (Å²) in [6.45, 7) is 4.02. The highest BCUT2D eigenvalue weighted by atomic mass is 19.1. The summed E-state index contributed by atoms with van der Waals surface area (Å²) >= 11 is 0. The Kier molecular flexibility index (Phi) is 5.10. The lowest BCUT2D eigenvalue weighted by Crippen LogP contribution is -2.48. The lowest BCUT2D eigenvalue weighted by atomic mass is 9.73. The predicted molar refractivity (Wildman–Crippen MR) is 129 cm³/mol. The number of hydrogen-bond donors (Lipinski definition) is 1. The van der Waals surface area contributed by atoms with Gasteiger partial charge in [0.1, 0.15) is 11.6 Å². The molecule has 1 amide bonds. The number of aromatic nitrogens is 1. The summed E-state index contributed by atoms with van der Waals surface area (Å²) in [5, 5.41) is 3.92. The van der Waals surface area contributed by atoms with E-state index < -0.39 is 5.41 Å². The molecule has 3 heterocycles. The molecule has 1 spiro atoms. The average Bonchev–Trinajstić information content (AvgIpc) is 3.14. The maximum atomic E-state index is 14.3. The first-order valence-corrected chi connectivity index (χ1v) is 12.0. The van der Waals surface area contributed by atoms with Gasteiger partial charge < -0.3 is 15.1 Å². The molecule has 2 aliphatic heterocycles. The quantitative estimate of drug-likeness (QED) is 0.640. The molecular formula is C27H27FN4O2. The topological polar surface area (TPSA) is 65.5 Å². The van der Waals surface area contributed by atoms with Gasteiger partial charge in [0, 0.05) is 57.3 Å². The first-order chi connectivity index (χ1) is 16.6. The number of amides is 1. The van der Waals surface area contributed by atoms with Crippen molar-refractivity contribution in [3.63, 3.8) is 0 Å². The lowest BCUT2D eigenvalue weighted by molar-refractivity contribution is -0.123. The molecule has 1 N–H and O–H groups in total. The molecule has 6 rings (SSSR count). The van der Waals surface area contributed by atoms with Crippen LogP contribution in [0.3, 0.4) is 0 Å². The minimum absolute atomic E-state index is 0.0715. The van der Waals surface area contributed by atoms with Crippen LogP contribution in [0.15, 0.2) is 48.7 Å². The van der Waals surface area contributed by atoms with E-state index in [9.17, 15) is 14.0 Å². The minimum Gasteiger partial charge on any atom is -0.370 e. The highest BCUT2D eigenvalue weighted by Crippen LogP contribution is 2.45. The van der Waals surface area contributed by atoms with Crippen LogP contribution in [0.4, 0.5) is 10.1 Å². The van der Waals surface area contributed by atoms with Gasteiger partial charge in [0.2, 0.25) is 0 Å². The van der Waals surface area contributed by atoms with Crippen LogP contribution in [-0.2, 0) is 16.6 Å². The van der Waals surface area contributed by atoms with E-state index in [4.69, 9.17) is 0 Å². The van der Waals surface area contributed by atoms with Gasteiger partial charge in [0.15, 0.2) is 0 Å². The third-order valence-corrected chi connectivity index (χ3v) is 7.79. The van der Waals surface area contributed by atoms with E-state index in [-0.39, 0.29) is 17.5 Å². The minimum atomic E-state index is -0.454. The fourth-order valence-corrected chi connectivity index (χ4v) is 5.98. The fraction of sp³-hybridized carbons (Fsp3) is 0.370. The standard InChI is InChI=1S/C27H27FN4O2/c28-19-5-6-23-20(16-19)25(21(17-30-23)26(34)32-13-9-29-10-14-32)31-11-7-27(8-12-31)22-4-2-1-3-18(22)15-24(27)33/h1-6,16-17,29H,7-15H2.